The van der Waals surface area contributed by atoms with E-state index in [-0.39, 0.29) is 5.69 Å². The van der Waals surface area contributed by atoms with Crippen LogP contribution in [0.1, 0.15) is 23.5 Å². The van der Waals surface area contributed by atoms with Crippen molar-refractivity contribution in [2.24, 2.45) is 0 Å². The van der Waals surface area contributed by atoms with E-state index in [1.54, 1.807) is 26.4 Å². The molecule has 0 aromatic carbocycles. The van der Waals surface area contributed by atoms with Crippen molar-refractivity contribution in [3.05, 3.63) is 51.1 Å². The van der Waals surface area contributed by atoms with Crippen LogP contribution in [0, 0.1) is 10.1 Å². The Morgan fingerprint density at radius 3 is 2.70 bits per heavy atom. The zero-order valence-corrected chi connectivity index (χ0v) is 12.0. The molecule has 0 saturated heterocycles. The fourth-order valence-electron chi connectivity index (χ4n) is 1.83. The third-order valence-corrected chi connectivity index (χ3v) is 4.25. The fraction of sp³-hybridized carbons (Fsp3) is 0.308. The van der Waals surface area contributed by atoms with Gasteiger partial charge in [0.05, 0.1) is 11.0 Å². The minimum Gasteiger partial charge on any atom is -0.388 e. The van der Waals surface area contributed by atoms with Gasteiger partial charge in [-0.2, -0.15) is 0 Å². The van der Waals surface area contributed by atoms with Gasteiger partial charge in [0, 0.05) is 36.9 Å². The highest BCUT2D eigenvalue weighted by atomic mass is 32.1. The number of aliphatic hydroxyl groups excluding tert-OH is 1. The molecule has 0 fully saturated rings. The van der Waals surface area contributed by atoms with Crippen LogP contribution >= 0.6 is 11.3 Å². The summed E-state index contributed by atoms with van der Waals surface area (Å²) in [6.45, 7) is 2.14. The number of nitro groups is 1. The van der Waals surface area contributed by atoms with Gasteiger partial charge in [-0.25, -0.2) is 0 Å². The summed E-state index contributed by atoms with van der Waals surface area (Å²) in [5, 5.41) is 21.2. The van der Waals surface area contributed by atoms with Crippen molar-refractivity contribution in [1.82, 2.24) is 4.98 Å². The number of aliphatic hydroxyl groups is 1. The first-order chi connectivity index (χ1) is 9.49. The summed E-state index contributed by atoms with van der Waals surface area (Å²) >= 11 is 1.24. The van der Waals surface area contributed by atoms with E-state index in [1.807, 2.05) is 17.0 Å². The molecule has 0 saturated carbocycles. The monoisotopic (exact) mass is 293 g/mol. The lowest BCUT2D eigenvalue weighted by atomic mass is 10.2. The average Bonchev–Trinajstić information content (AvgIpc) is 2.85. The SMILES string of the molecule is CC(O)c1cc([N+](=O)[O-])c(N(C)Cc2ccncc2)s1. The standard InChI is InChI=1S/C13H15N3O3S/c1-9(17)12-7-11(16(18)19)13(20-12)15(2)8-10-3-5-14-6-4-10/h3-7,9,17H,8H2,1-2H3. The van der Waals surface area contributed by atoms with E-state index in [9.17, 15) is 15.2 Å². The molecule has 0 amide bonds. The molecule has 0 radical (unpaired) electrons. The second-order valence-corrected chi connectivity index (χ2v) is 5.55. The van der Waals surface area contributed by atoms with E-state index >= 15 is 0 Å². The summed E-state index contributed by atoms with van der Waals surface area (Å²) in [5.41, 5.74) is 1.05. The van der Waals surface area contributed by atoms with Crippen LogP contribution in [-0.4, -0.2) is 22.1 Å². The molecule has 2 heterocycles. The highest BCUT2D eigenvalue weighted by Gasteiger charge is 2.23. The number of hydrogen-bond donors (Lipinski definition) is 1. The van der Waals surface area contributed by atoms with E-state index in [0.29, 0.717) is 16.4 Å². The Hall–Kier alpha value is -1.99. The first-order valence-corrected chi connectivity index (χ1v) is 6.87. The zero-order chi connectivity index (χ0) is 14.7. The third-order valence-electron chi connectivity index (χ3n) is 2.84. The summed E-state index contributed by atoms with van der Waals surface area (Å²) in [4.78, 5) is 17.0. The van der Waals surface area contributed by atoms with Gasteiger partial charge >= 0.3 is 5.69 Å². The topological polar surface area (TPSA) is 79.5 Å². The molecular weight excluding hydrogens is 278 g/mol. The quantitative estimate of drug-likeness (QED) is 0.677. The molecule has 1 N–H and O–H groups in total. The molecule has 0 spiro atoms. The predicted molar refractivity (Wildman–Crippen MR) is 78.0 cm³/mol. The molecule has 0 aliphatic carbocycles. The third kappa shape index (κ3) is 3.12. The first kappa shape index (κ1) is 14.4. The molecule has 20 heavy (non-hydrogen) atoms. The van der Waals surface area contributed by atoms with Crippen LogP contribution in [0.15, 0.2) is 30.6 Å². The highest BCUT2D eigenvalue weighted by molar-refractivity contribution is 7.16. The van der Waals surface area contributed by atoms with Crippen LogP contribution in [0.5, 0.6) is 0 Å². The molecule has 2 aromatic rings. The Kier molecular flexibility index (Phi) is 4.31. The molecule has 106 valence electrons. The predicted octanol–water partition coefficient (Wildman–Crippen LogP) is 2.74. The van der Waals surface area contributed by atoms with E-state index in [2.05, 4.69) is 4.98 Å². The minimum atomic E-state index is -0.707. The highest BCUT2D eigenvalue weighted by Crippen LogP contribution is 2.40. The van der Waals surface area contributed by atoms with Crippen LogP contribution < -0.4 is 4.90 Å². The lowest BCUT2D eigenvalue weighted by molar-refractivity contribution is -0.383. The summed E-state index contributed by atoms with van der Waals surface area (Å²) in [6, 6.07) is 5.17. The van der Waals surface area contributed by atoms with E-state index in [1.165, 1.54) is 17.4 Å². The molecule has 1 atom stereocenters. The molecule has 0 aliphatic heterocycles. The maximum absolute atomic E-state index is 11.1. The lowest BCUT2D eigenvalue weighted by Crippen LogP contribution is -2.16. The largest absolute Gasteiger partial charge is 0.388 e. The van der Waals surface area contributed by atoms with Gasteiger partial charge in [0.15, 0.2) is 5.00 Å². The first-order valence-electron chi connectivity index (χ1n) is 6.05. The number of anilines is 1. The van der Waals surface area contributed by atoms with E-state index in [0.717, 1.165) is 5.56 Å². The molecule has 0 aliphatic rings. The molecule has 6 nitrogen and oxygen atoms in total. The summed E-state index contributed by atoms with van der Waals surface area (Å²) in [5.74, 6) is 0. The van der Waals surface area contributed by atoms with E-state index in [4.69, 9.17) is 0 Å². The second kappa shape index (κ2) is 5.98. The Morgan fingerprint density at radius 2 is 2.15 bits per heavy atom. The zero-order valence-electron chi connectivity index (χ0n) is 11.2. The maximum atomic E-state index is 11.1. The smallest absolute Gasteiger partial charge is 0.304 e. The number of rotatable bonds is 5. The van der Waals surface area contributed by atoms with Gasteiger partial charge in [0.1, 0.15) is 0 Å². The summed E-state index contributed by atoms with van der Waals surface area (Å²) in [7, 11) is 1.80. The van der Waals surface area contributed by atoms with Gasteiger partial charge in [-0.3, -0.25) is 15.1 Å². The number of thiophene rings is 1. The van der Waals surface area contributed by atoms with Crippen molar-refractivity contribution < 1.29 is 10.0 Å². The van der Waals surface area contributed by atoms with Crippen LogP contribution in [0.3, 0.4) is 0 Å². The van der Waals surface area contributed by atoms with Crippen LogP contribution in [0.25, 0.3) is 0 Å². The molecule has 0 bridgehead atoms. The number of nitrogens with zero attached hydrogens (tertiary/aromatic N) is 3. The molecule has 7 heteroatoms. The van der Waals surface area contributed by atoms with Crippen molar-refractivity contribution in [3.63, 3.8) is 0 Å². The van der Waals surface area contributed by atoms with Gasteiger partial charge in [0.2, 0.25) is 0 Å². The number of hydrogen-bond acceptors (Lipinski definition) is 6. The van der Waals surface area contributed by atoms with Gasteiger partial charge in [0.25, 0.3) is 0 Å². The average molecular weight is 293 g/mol. The van der Waals surface area contributed by atoms with Gasteiger partial charge in [-0.1, -0.05) is 0 Å². The number of aromatic nitrogens is 1. The Bertz CT molecular complexity index is 598. The van der Waals surface area contributed by atoms with Crippen molar-refractivity contribution in [2.45, 2.75) is 19.6 Å². The normalized spacial score (nSPS) is 12.2. The molecule has 2 aromatic heterocycles. The van der Waals surface area contributed by atoms with Gasteiger partial charge < -0.3 is 10.0 Å². The summed E-state index contributed by atoms with van der Waals surface area (Å²) in [6.07, 6.45) is 2.67. The maximum Gasteiger partial charge on any atom is 0.304 e. The Labute approximate surface area is 120 Å². The Morgan fingerprint density at radius 1 is 1.50 bits per heavy atom. The van der Waals surface area contributed by atoms with Crippen molar-refractivity contribution in [2.75, 3.05) is 11.9 Å². The summed E-state index contributed by atoms with van der Waals surface area (Å²) < 4.78 is 0. The molecule has 1 unspecified atom stereocenters. The van der Waals surface area contributed by atoms with Crippen LogP contribution in [0.2, 0.25) is 0 Å². The van der Waals surface area contributed by atoms with Gasteiger partial charge in [-0.05, 0) is 24.6 Å². The fourth-order valence-corrected chi connectivity index (χ4v) is 2.86. The number of pyridine rings is 1. The van der Waals surface area contributed by atoms with Crippen LogP contribution in [-0.2, 0) is 6.54 Å². The Balaban J connectivity index is 2.28. The molecular formula is C13H15N3O3S. The van der Waals surface area contributed by atoms with Crippen LogP contribution in [0.4, 0.5) is 10.7 Å². The van der Waals surface area contributed by atoms with Crippen molar-refractivity contribution in [3.8, 4) is 0 Å². The van der Waals surface area contributed by atoms with Crippen molar-refractivity contribution >= 4 is 22.0 Å². The lowest BCUT2D eigenvalue weighted by Gasteiger charge is -2.16. The second-order valence-electron chi connectivity index (χ2n) is 4.48. The molecule has 2 rings (SSSR count). The van der Waals surface area contributed by atoms with Crippen molar-refractivity contribution in [1.29, 1.82) is 0 Å². The van der Waals surface area contributed by atoms with Gasteiger partial charge in [-0.15, -0.1) is 11.3 Å². The minimum absolute atomic E-state index is 0.0301. The van der Waals surface area contributed by atoms with E-state index < -0.39 is 11.0 Å².